The molecule has 0 heterocycles. The first kappa shape index (κ1) is 24.3. The van der Waals surface area contributed by atoms with Crippen molar-refractivity contribution < 1.29 is 38.5 Å². The summed E-state index contributed by atoms with van der Waals surface area (Å²) in [6.07, 6.45) is -0.384. The number of hydrogen-bond acceptors (Lipinski definition) is 10. The first-order chi connectivity index (χ1) is 14.2. The third-order valence-electron chi connectivity index (χ3n) is 3.60. The second-order valence-corrected chi connectivity index (χ2v) is 5.73. The van der Waals surface area contributed by atoms with Crippen LogP contribution in [0.5, 0.6) is 0 Å². The predicted octanol–water partition coefficient (Wildman–Crippen LogP) is 1.96. The highest BCUT2D eigenvalue weighted by Gasteiger charge is 2.25. The largest absolute Gasteiger partial charge is 0.510 e. The molecule has 11 heteroatoms. The Labute approximate surface area is 172 Å². The summed E-state index contributed by atoms with van der Waals surface area (Å²) in [6.45, 7) is 2.99. The maximum Gasteiger partial charge on any atom is 0.362 e. The van der Waals surface area contributed by atoms with Crippen LogP contribution in [0.25, 0.3) is 0 Å². The van der Waals surface area contributed by atoms with E-state index < -0.39 is 29.9 Å². The van der Waals surface area contributed by atoms with Crippen LogP contribution in [-0.4, -0.2) is 55.8 Å². The average molecular weight is 421 g/mol. The second kappa shape index (κ2) is 11.9. The minimum Gasteiger partial charge on any atom is -0.510 e. The van der Waals surface area contributed by atoms with Crippen molar-refractivity contribution in [1.29, 1.82) is 0 Å². The number of carbonyl (C=O) groups excluding carboxylic acids is 4. The SMILES string of the molecule is CCOC(=O)/C(N=Nc1ccc(C(=O)NC(CC(=O)OC)C(=O)OC)cc1)=C(/C)O. The molecule has 1 unspecified atom stereocenters. The Morgan fingerprint density at radius 2 is 1.73 bits per heavy atom. The number of benzene rings is 1. The number of aliphatic hydroxyl groups is 1. The molecule has 1 aromatic rings. The molecule has 0 aliphatic carbocycles. The fraction of sp³-hybridized carbons (Fsp3) is 0.368. The van der Waals surface area contributed by atoms with Gasteiger partial charge in [-0.1, -0.05) is 0 Å². The Bertz CT molecular complexity index is 842. The number of nitrogens with zero attached hydrogens (tertiary/aromatic N) is 2. The van der Waals surface area contributed by atoms with Gasteiger partial charge in [-0.15, -0.1) is 5.11 Å². The van der Waals surface area contributed by atoms with Crippen molar-refractivity contribution in [3.8, 4) is 0 Å². The second-order valence-electron chi connectivity index (χ2n) is 5.73. The molecule has 1 amide bonds. The summed E-state index contributed by atoms with van der Waals surface area (Å²) in [4.78, 5) is 47.2. The van der Waals surface area contributed by atoms with E-state index in [4.69, 9.17) is 4.74 Å². The highest BCUT2D eigenvalue weighted by molar-refractivity contribution is 5.97. The molecular weight excluding hydrogens is 398 g/mol. The Balaban J connectivity index is 2.91. The topological polar surface area (TPSA) is 153 Å². The van der Waals surface area contributed by atoms with E-state index in [1.807, 2.05) is 0 Å². The lowest BCUT2D eigenvalue weighted by molar-refractivity contribution is -0.149. The Kier molecular flexibility index (Phi) is 9.66. The van der Waals surface area contributed by atoms with E-state index in [1.54, 1.807) is 6.92 Å². The first-order valence-electron chi connectivity index (χ1n) is 8.77. The van der Waals surface area contributed by atoms with Crippen LogP contribution in [0.4, 0.5) is 5.69 Å². The van der Waals surface area contributed by atoms with Crippen molar-refractivity contribution >= 4 is 29.5 Å². The monoisotopic (exact) mass is 421 g/mol. The molecule has 0 saturated carbocycles. The van der Waals surface area contributed by atoms with Gasteiger partial charge in [-0.2, -0.15) is 5.11 Å². The number of ether oxygens (including phenoxy) is 3. The lowest BCUT2D eigenvalue weighted by atomic mass is 10.1. The molecule has 0 spiro atoms. The van der Waals surface area contributed by atoms with Crippen molar-refractivity contribution in [2.45, 2.75) is 26.3 Å². The molecule has 1 aromatic carbocycles. The summed E-state index contributed by atoms with van der Waals surface area (Å²) >= 11 is 0. The Morgan fingerprint density at radius 1 is 1.10 bits per heavy atom. The molecule has 0 aliphatic heterocycles. The molecule has 1 atom stereocenters. The molecule has 0 aromatic heterocycles. The quantitative estimate of drug-likeness (QED) is 0.202. The molecule has 0 radical (unpaired) electrons. The van der Waals surface area contributed by atoms with Crippen LogP contribution < -0.4 is 5.32 Å². The van der Waals surface area contributed by atoms with Gasteiger partial charge in [0.15, 0.2) is 0 Å². The molecule has 0 aliphatic rings. The van der Waals surface area contributed by atoms with Gasteiger partial charge in [-0.3, -0.25) is 9.59 Å². The van der Waals surface area contributed by atoms with Crippen molar-refractivity contribution in [3.05, 3.63) is 41.3 Å². The van der Waals surface area contributed by atoms with E-state index in [9.17, 15) is 24.3 Å². The lowest BCUT2D eigenvalue weighted by Gasteiger charge is -2.15. The number of azo groups is 1. The van der Waals surface area contributed by atoms with E-state index in [0.29, 0.717) is 0 Å². The minimum absolute atomic E-state index is 0.109. The van der Waals surface area contributed by atoms with Gasteiger partial charge < -0.3 is 24.6 Å². The van der Waals surface area contributed by atoms with Crippen LogP contribution in [0.15, 0.2) is 46.0 Å². The fourth-order valence-corrected chi connectivity index (χ4v) is 2.07. The van der Waals surface area contributed by atoms with Gasteiger partial charge >= 0.3 is 17.9 Å². The normalized spacial score (nSPS) is 12.5. The first-order valence-corrected chi connectivity index (χ1v) is 8.77. The third-order valence-corrected chi connectivity index (χ3v) is 3.60. The number of carbonyl (C=O) groups is 4. The van der Waals surface area contributed by atoms with Crippen molar-refractivity contribution in [1.82, 2.24) is 5.32 Å². The molecular formula is C19H23N3O8. The fourth-order valence-electron chi connectivity index (χ4n) is 2.07. The molecule has 0 fully saturated rings. The number of methoxy groups -OCH3 is 2. The van der Waals surface area contributed by atoms with E-state index >= 15 is 0 Å². The van der Waals surface area contributed by atoms with Gasteiger partial charge in [-0.25, -0.2) is 9.59 Å². The van der Waals surface area contributed by atoms with Crippen molar-refractivity contribution in [3.63, 3.8) is 0 Å². The lowest BCUT2D eigenvalue weighted by Crippen LogP contribution is -2.43. The molecule has 11 nitrogen and oxygen atoms in total. The number of esters is 3. The van der Waals surface area contributed by atoms with Crippen LogP contribution in [0.1, 0.15) is 30.6 Å². The number of hydrogen-bond donors (Lipinski definition) is 2. The zero-order valence-corrected chi connectivity index (χ0v) is 17.0. The predicted molar refractivity (Wildman–Crippen MR) is 103 cm³/mol. The van der Waals surface area contributed by atoms with Gasteiger partial charge in [0.05, 0.1) is 32.9 Å². The summed E-state index contributed by atoms with van der Waals surface area (Å²) in [5.41, 5.74) is 0.114. The number of allylic oxidation sites excluding steroid dienone is 1. The van der Waals surface area contributed by atoms with Crippen molar-refractivity contribution in [2.24, 2.45) is 10.2 Å². The Morgan fingerprint density at radius 3 is 2.23 bits per heavy atom. The van der Waals surface area contributed by atoms with Crippen LogP contribution in [0.3, 0.4) is 0 Å². The van der Waals surface area contributed by atoms with E-state index in [1.165, 1.54) is 31.2 Å². The summed E-state index contributed by atoms with van der Waals surface area (Å²) in [6, 6.07) is 4.45. The minimum atomic E-state index is -1.21. The Hall–Kier alpha value is -3.76. The summed E-state index contributed by atoms with van der Waals surface area (Å²) in [7, 11) is 2.29. The highest BCUT2D eigenvalue weighted by atomic mass is 16.5. The summed E-state index contributed by atoms with van der Waals surface area (Å²) < 4.78 is 13.8. The van der Waals surface area contributed by atoms with Crippen LogP contribution in [-0.2, 0) is 28.6 Å². The number of rotatable bonds is 9. The van der Waals surface area contributed by atoms with E-state index in [0.717, 1.165) is 14.2 Å². The standard InChI is InChI=1S/C19H23N3O8/c1-5-30-19(27)16(11(2)23)22-21-13-8-6-12(7-9-13)17(25)20-14(18(26)29-4)10-15(24)28-3/h6-9,14,23H,5,10H2,1-4H3,(H,20,25)/b16-11+,22-21?. The van der Waals surface area contributed by atoms with Gasteiger partial charge in [0, 0.05) is 5.56 Å². The number of aliphatic hydroxyl groups excluding tert-OH is 1. The molecule has 2 N–H and O–H groups in total. The van der Waals surface area contributed by atoms with Gasteiger partial charge in [0.25, 0.3) is 5.91 Å². The maximum atomic E-state index is 12.3. The highest BCUT2D eigenvalue weighted by Crippen LogP contribution is 2.17. The van der Waals surface area contributed by atoms with Gasteiger partial charge in [0.2, 0.25) is 5.70 Å². The van der Waals surface area contributed by atoms with Crippen molar-refractivity contribution in [2.75, 3.05) is 20.8 Å². The molecule has 162 valence electrons. The summed E-state index contributed by atoms with van der Waals surface area (Å²) in [5, 5.41) is 19.4. The molecule has 30 heavy (non-hydrogen) atoms. The van der Waals surface area contributed by atoms with E-state index in [2.05, 4.69) is 25.0 Å². The van der Waals surface area contributed by atoms with Crippen LogP contribution in [0, 0.1) is 0 Å². The average Bonchev–Trinajstić information content (AvgIpc) is 2.72. The number of amides is 1. The summed E-state index contributed by atoms with van der Waals surface area (Å²) in [5.74, 6) is -3.29. The zero-order valence-electron chi connectivity index (χ0n) is 17.0. The van der Waals surface area contributed by atoms with Gasteiger partial charge in [0.1, 0.15) is 11.8 Å². The molecule has 0 bridgehead atoms. The van der Waals surface area contributed by atoms with Crippen LogP contribution >= 0.6 is 0 Å². The zero-order chi connectivity index (χ0) is 22.7. The number of nitrogens with one attached hydrogen (secondary N) is 1. The third kappa shape index (κ3) is 7.34. The smallest absolute Gasteiger partial charge is 0.362 e. The molecule has 0 saturated heterocycles. The van der Waals surface area contributed by atoms with E-state index in [-0.39, 0.29) is 35.7 Å². The van der Waals surface area contributed by atoms with Crippen LogP contribution in [0.2, 0.25) is 0 Å². The maximum absolute atomic E-state index is 12.3. The molecule has 1 rings (SSSR count). The van der Waals surface area contributed by atoms with Gasteiger partial charge in [-0.05, 0) is 38.1 Å².